The zero-order valence-corrected chi connectivity index (χ0v) is 19.0. The molecule has 168 valence electrons. The molecule has 0 spiro atoms. The smallest absolute Gasteiger partial charge is 0.240 e. The zero-order valence-electron chi connectivity index (χ0n) is 18.2. The van der Waals surface area contributed by atoms with Crippen LogP contribution in [0, 0.1) is 0 Å². The minimum absolute atomic E-state index is 0.151. The second-order valence-corrected chi connectivity index (χ2v) is 9.44. The quantitative estimate of drug-likeness (QED) is 0.610. The first-order chi connectivity index (χ1) is 15.3. The van der Waals surface area contributed by atoms with Crippen molar-refractivity contribution in [2.75, 3.05) is 45.2 Å². The predicted molar refractivity (Wildman–Crippen MR) is 124 cm³/mol. The van der Waals surface area contributed by atoms with Gasteiger partial charge in [0.25, 0.3) is 0 Å². The van der Waals surface area contributed by atoms with Crippen molar-refractivity contribution in [2.45, 2.75) is 11.3 Å². The molecule has 0 atom stereocenters. The van der Waals surface area contributed by atoms with Gasteiger partial charge < -0.3 is 14.5 Å². The summed E-state index contributed by atoms with van der Waals surface area (Å²) < 4.78 is 30.2. The molecule has 0 unspecified atom stereocenters. The van der Waals surface area contributed by atoms with Gasteiger partial charge in [0.1, 0.15) is 17.0 Å². The summed E-state index contributed by atoms with van der Waals surface area (Å²) >= 11 is 0. The van der Waals surface area contributed by atoms with Crippen molar-refractivity contribution in [3.05, 3.63) is 66.1 Å². The van der Waals surface area contributed by atoms with E-state index in [1.54, 1.807) is 13.2 Å². The van der Waals surface area contributed by atoms with Gasteiger partial charge in [-0.3, -0.25) is 0 Å². The topological polar surface area (TPSA) is 102 Å². The minimum Gasteiger partial charge on any atom is -0.496 e. The third-order valence-corrected chi connectivity index (χ3v) is 6.61. The Kier molecular flexibility index (Phi) is 6.40. The first kappa shape index (κ1) is 22.2. The molecular weight excluding hydrogens is 426 g/mol. The summed E-state index contributed by atoms with van der Waals surface area (Å²) in [5, 5.41) is 5.58. The molecule has 1 saturated heterocycles. The van der Waals surface area contributed by atoms with Gasteiger partial charge >= 0.3 is 0 Å². The lowest BCUT2D eigenvalue weighted by Gasteiger charge is -2.35. The molecule has 9 heteroatoms. The SMILES string of the molecule is COc1ccccc1-c1cc(Cc2ccc(N3CCN(C)CC3)c(S(N)(=O)=O)c2)ncn1. The maximum Gasteiger partial charge on any atom is 0.240 e. The molecule has 0 amide bonds. The molecule has 1 aliphatic rings. The molecular formula is C23H27N5O3S. The Morgan fingerprint density at radius 1 is 1.03 bits per heavy atom. The maximum absolute atomic E-state index is 12.4. The van der Waals surface area contributed by atoms with Crippen LogP contribution < -0.4 is 14.8 Å². The molecule has 2 aromatic carbocycles. The number of sulfonamides is 1. The lowest BCUT2D eigenvalue weighted by Crippen LogP contribution is -2.45. The molecule has 2 N–H and O–H groups in total. The van der Waals surface area contributed by atoms with Crippen molar-refractivity contribution < 1.29 is 13.2 Å². The number of piperazine rings is 1. The van der Waals surface area contributed by atoms with Gasteiger partial charge in [0.2, 0.25) is 10.0 Å². The van der Waals surface area contributed by atoms with Crippen LogP contribution in [0.2, 0.25) is 0 Å². The Morgan fingerprint density at radius 2 is 1.78 bits per heavy atom. The number of rotatable bonds is 6. The second-order valence-electron chi connectivity index (χ2n) is 7.91. The first-order valence-corrected chi connectivity index (χ1v) is 11.9. The van der Waals surface area contributed by atoms with Crippen LogP contribution in [0.5, 0.6) is 5.75 Å². The Bertz CT molecular complexity index is 1210. The number of para-hydroxylation sites is 1. The Hall–Kier alpha value is -3.01. The molecule has 0 radical (unpaired) electrons. The number of ether oxygens (including phenoxy) is 1. The van der Waals surface area contributed by atoms with Crippen molar-refractivity contribution in [2.24, 2.45) is 5.14 Å². The highest BCUT2D eigenvalue weighted by Gasteiger charge is 2.22. The van der Waals surface area contributed by atoms with Crippen LogP contribution in [0.3, 0.4) is 0 Å². The minimum atomic E-state index is -3.88. The van der Waals surface area contributed by atoms with Crippen molar-refractivity contribution in [3.63, 3.8) is 0 Å². The van der Waals surface area contributed by atoms with Crippen LogP contribution >= 0.6 is 0 Å². The monoisotopic (exact) mass is 453 g/mol. The highest BCUT2D eigenvalue weighted by molar-refractivity contribution is 7.89. The molecule has 0 aliphatic carbocycles. The van der Waals surface area contributed by atoms with Crippen LogP contribution in [0.4, 0.5) is 5.69 Å². The van der Waals surface area contributed by atoms with E-state index in [9.17, 15) is 8.42 Å². The lowest BCUT2D eigenvalue weighted by atomic mass is 10.1. The normalized spacial score (nSPS) is 15.0. The van der Waals surface area contributed by atoms with E-state index in [1.165, 1.54) is 6.33 Å². The van der Waals surface area contributed by atoms with E-state index in [4.69, 9.17) is 9.88 Å². The molecule has 3 aromatic rings. The van der Waals surface area contributed by atoms with Crippen molar-refractivity contribution in [3.8, 4) is 17.0 Å². The third kappa shape index (κ3) is 4.90. The number of nitrogens with two attached hydrogens (primary N) is 1. The molecule has 0 saturated carbocycles. The number of hydrogen-bond acceptors (Lipinski definition) is 7. The molecule has 4 rings (SSSR count). The van der Waals surface area contributed by atoms with Crippen LogP contribution in [0.1, 0.15) is 11.3 Å². The van der Waals surface area contributed by atoms with E-state index in [-0.39, 0.29) is 4.90 Å². The predicted octanol–water partition coefficient (Wildman–Crippen LogP) is 2.14. The third-order valence-electron chi connectivity index (χ3n) is 5.67. The van der Waals surface area contributed by atoms with Gasteiger partial charge in [-0.1, -0.05) is 18.2 Å². The van der Waals surface area contributed by atoms with Crippen molar-refractivity contribution in [1.29, 1.82) is 0 Å². The lowest BCUT2D eigenvalue weighted by molar-refractivity contribution is 0.312. The summed E-state index contributed by atoms with van der Waals surface area (Å²) in [6, 6.07) is 15.0. The van der Waals surface area contributed by atoms with Gasteiger partial charge in [-0.05, 0) is 42.9 Å². The summed E-state index contributed by atoms with van der Waals surface area (Å²) in [6.07, 6.45) is 1.96. The number of primary sulfonamides is 1. The summed E-state index contributed by atoms with van der Waals surface area (Å²) in [6.45, 7) is 3.26. The highest BCUT2D eigenvalue weighted by atomic mass is 32.2. The van der Waals surface area contributed by atoms with Crippen LogP contribution in [0.25, 0.3) is 11.3 Å². The standard InChI is InChI=1S/C23H27N5O3S/c1-27-9-11-28(12-10-27)21-8-7-17(14-23(21)32(24,29)30)13-18-15-20(26-16-25-18)19-5-3-4-6-22(19)31-2/h3-8,14-16H,9-13H2,1-2H3,(H2,24,29,30). The summed E-state index contributed by atoms with van der Waals surface area (Å²) in [5.74, 6) is 0.727. The summed E-state index contributed by atoms with van der Waals surface area (Å²) in [5.41, 5.74) is 3.86. The van der Waals surface area contributed by atoms with Crippen molar-refractivity contribution in [1.82, 2.24) is 14.9 Å². The highest BCUT2D eigenvalue weighted by Crippen LogP contribution is 2.30. The van der Waals surface area contributed by atoms with E-state index in [0.29, 0.717) is 12.1 Å². The number of benzene rings is 2. The number of anilines is 1. The number of aromatic nitrogens is 2. The van der Waals surface area contributed by atoms with Crippen LogP contribution in [-0.2, 0) is 16.4 Å². The van der Waals surface area contributed by atoms with Gasteiger partial charge in [0.15, 0.2) is 0 Å². The van der Waals surface area contributed by atoms with Crippen LogP contribution in [-0.4, -0.2) is 63.6 Å². The second kappa shape index (κ2) is 9.23. The number of methoxy groups -OCH3 is 1. The largest absolute Gasteiger partial charge is 0.496 e. The fourth-order valence-electron chi connectivity index (χ4n) is 3.91. The maximum atomic E-state index is 12.4. The first-order valence-electron chi connectivity index (χ1n) is 10.4. The van der Waals surface area contributed by atoms with Gasteiger partial charge in [0, 0.05) is 43.9 Å². The van der Waals surface area contributed by atoms with Gasteiger partial charge in [-0.15, -0.1) is 0 Å². The molecule has 8 nitrogen and oxygen atoms in total. The van der Waals surface area contributed by atoms with E-state index in [2.05, 4.69) is 26.8 Å². The van der Waals surface area contributed by atoms with E-state index in [1.807, 2.05) is 42.5 Å². The average molecular weight is 454 g/mol. The summed E-state index contributed by atoms with van der Waals surface area (Å²) in [4.78, 5) is 13.2. The van der Waals surface area contributed by atoms with Gasteiger partial charge in [-0.2, -0.15) is 0 Å². The number of nitrogens with zero attached hydrogens (tertiary/aromatic N) is 4. The Labute approximate surface area is 188 Å². The van der Waals surface area contributed by atoms with E-state index >= 15 is 0 Å². The fraction of sp³-hybridized carbons (Fsp3) is 0.304. The fourth-order valence-corrected chi connectivity index (χ4v) is 4.72. The molecule has 1 fully saturated rings. The molecule has 1 aromatic heterocycles. The Morgan fingerprint density at radius 3 is 2.50 bits per heavy atom. The number of likely N-dealkylation sites (N-methyl/N-ethyl adjacent to an activating group) is 1. The van der Waals surface area contributed by atoms with Crippen LogP contribution in [0.15, 0.2) is 59.8 Å². The van der Waals surface area contributed by atoms with E-state index < -0.39 is 10.0 Å². The molecule has 1 aliphatic heterocycles. The van der Waals surface area contributed by atoms with Gasteiger partial charge in [0.05, 0.1) is 18.5 Å². The zero-order chi connectivity index (χ0) is 22.7. The number of hydrogen-bond donors (Lipinski definition) is 1. The van der Waals surface area contributed by atoms with Crippen molar-refractivity contribution >= 4 is 15.7 Å². The van der Waals surface area contributed by atoms with Gasteiger partial charge in [-0.25, -0.2) is 23.5 Å². The van der Waals surface area contributed by atoms with E-state index in [0.717, 1.165) is 54.4 Å². The Balaban J connectivity index is 1.64. The summed E-state index contributed by atoms with van der Waals surface area (Å²) in [7, 11) is -0.196. The average Bonchev–Trinajstić information content (AvgIpc) is 2.79. The molecule has 0 bridgehead atoms. The molecule has 2 heterocycles. The molecule has 32 heavy (non-hydrogen) atoms.